The molecule has 3 N–H and O–H groups in total. The Morgan fingerprint density at radius 3 is 2.54 bits per heavy atom. The first-order valence-electron chi connectivity index (χ1n) is 8.78. The molecule has 2 fully saturated rings. The molecule has 4 rings (SSSR count). The maximum atomic E-state index is 12.4. The third-order valence-corrected chi connectivity index (χ3v) is 6.08. The quantitative estimate of drug-likeness (QED) is 0.724. The van der Waals surface area contributed by atoms with Crippen LogP contribution in [0.5, 0.6) is 0 Å². The Balaban J connectivity index is 1.39. The Hall–Kier alpha value is -2.46. The summed E-state index contributed by atoms with van der Waals surface area (Å²) in [5.41, 5.74) is 0.737. The third kappa shape index (κ3) is 3.88. The molecule has 2 heterocycles. The monoisotopic (exact) mass is 410 g/mol. The molecule has 2 bridgehead atoms. The number of anilines is 1. The lowest BCUT2D eigenvalue weighted by molar-refractivity contribution is -0.167. The summed E-state index contributed by atoms with van der Waals surface area (Å²) >= 11 is 1.21. The SMILES string of the molecule is O=C(NC1CC2CNC1C2)c1ncc(-c2ccc(NC(=O)C(F)(F)F)cc2)s1. The van der Waals surface area contributed by atoms with Crippen molar-refractivity contribution in [2.24, 2.45) is 5.92 Å². The minimum absolute atomic E-state index is 0.0392. The van der Waals surface area contributed by atoms with Gasteiger partial charge in [-0.15, -0.1) is 11.3 Å². The van der Waals surface area contributed by atoms with E-state index < -0.39 is 12.1 Å². The molecule has 2 aliphatic rings. The highest BCUT2D eigenvalue weighted by Crippen LogP contribution is 2.32. The molecule has 1 saturated carbocycles. The molecule has 0 radical (unpaired) electrons. The van der Waals surface area contributed by atoms with Crippen molar-refractivity contribution in [2.75, 3.05) is 11.9 Å². The highest BCUT2D eigenvalue weighted by atomic mass is 32.1. The van der Waals surface area contributed by atoms with Crippen LogP contribution in [-0.2, 0) is 4.79 Å². The van der Waals surface area contributed by atoms with Gasteiger partial charge in [-0.2, -0.15) is 13.2 Å². The van der Waals surface area contributed by atoms with Gasteiger partial charge >= 0.3 is 12.1 Å². The number of piperidine rings is 1. The summed E-state index contributed by atoms with van der Waals surface area (Å²) in [5, 5.41) is 8.55. The molecule has 1 aliphatic heterocycles. The second-order valence-corrected chi connectivity index (χ2v) is 8.02. The number of nitrogens with zero attached hydrogens (tertiary/aromatic N) is 1. The molecule has 1 aromatic heterocycles. The second kappa shape index (κ2) is 7.17. The maximum absolute atomic E-state index is 12.4. The number of hydrogen-bond donors (Lipinski definition) is 3. The van der Waals surface area contributed by atoms with Crippen LogP contribution in [0.3, 0.4) is 0 Å². The van der Waals surface area contributed by atoms with Gasteiger partial charge in [-0.05, 0) is 43.0 Å². The number of halogens is 3. The first kappa shape index (κ1) is 18.9. The Morgan fingerprint density at radius 2 is 1.93 bits per heavy atom. The number of alkyl halides is 3. The lowest BCUT2D eigenvalue weighted by atomic mass is 10.1. The Kier molecular flexibility index (Phi) is 4.84. The van der Waals surface area contributed by atoms with E-state index in [2.05, 4.69) is 15.6 Å². The molecular weight excluding hydrogens is 393 g/mol. The van der Waals surface area contributed by atoms with Crippen LogP contribution in [-0.4, -0.2) is 41.6 Å². The Morgan fingerprint density at radius 1 is 1.18 bits per heavy atom. The zero-order chi connectivity index (χ0) is 19.9. The minimum atomic E-state index is -4.94. The lowest BCUT2D eigenvalue weighted by Crippen LogP contribution is -2.47. The van der Waals surface area contributed by atoms with Crippen LogP contribution >= 0.6 is 11.3 Å². The Labute approximate surface area is 162 Å². The maximum Gasteiger partial charge on any atom is 0.471 e. The van der Waals surface area contributed by atoms with Crippen LogP contribution < -0.4 is 16.0 Å². The fraction of sp³-hybridized carbons (Fsp3) is 0.389. The smallest absolute Gasteiger partial charge is 0.346 e. The van der Waals surface area contributed by atoms with Crippen molar-refractivity contribution in [1.82, 2.24) is 15.6 Å². The number of nitrogens with one attached hydrogen (secondary N) is 3. The summed E-state index contributed by atoms with van der Waals surface area (Å²) in [4.78, 5) is 28.3. The number of carbonyl (C=O) groups excluding carboxylic acids is 2. The molecule has 6 nitrogen and oxygen atoms in total. The van der Waals surface area contributed by atoms with E-state index in [1.54, 1.807) is 23.6 Å². The number of amides is 2. The minimum Gasteiger partial charge on any atom is -0.346 e. The molecule has 28 heavy (non-hydrogen) atoms. The average molecular weight is 410 g/mol. The number of benzene rings is 1. The van der Waals surface area contributed by atoms with Crippen molar-refractivity contribution >= 4 is 28.8 Å². The molecule has 2 amide bonds. The molecule has 2 aromatic rings. The van der Waals surface area contributed by atoms with Crippen molar-refractivity contribution in [2.45, 2.75) is 31.1 Å². The number of aromatic nitrogens is 1. The zero-order valence-corrected chi connectivity index (χ0v) is 15.4. The first-order chi connectivity index (χ1) is 13.3. The van der Waals surface area contributed by atoms with Gasteiger partial charge in [0.05, 0.1) is 4.88 Å². The molecule has 148 valence electrons. The van der Waals surface area contributed by atoms with Gasteiger partial charge in [0.25, 0.3) is 5.91 Å². The van der Waals surface area contributed by atoms with Gasteiger partial charge in [0.15, 0.2) is 5.01 Å². The third-order valence-electron chi connectivity index (χ3n) is 5.03. The fourth-order valence-corrected chi connectivity index (χ4v) is 4.50. The summed E-state index contributed by atoms with van der Waals surface area (Å²) in [6, 6.07) is 6.34. The summed E-state index contributed by atoms with van der Waals surface area (Å²) in [7, 11) is 0. The van der Waals surface area contributed by atoms with Crippen LogP contribution in [0, 0.1) is 5.92 Å². The highest BCUT2D eigenvalue weighted by molar-refractivity contribution is 7.17. The number of hydrogen-bond acceptors (Lipinski definition) is 5. The van der Waals surface area contributed by atoms with Crippen LogP contribution in [0.25, 0.3) is 10.4 Å². The van der Waals surface area contributed by atoms with E-state index in [4.69, 9.17) is 0 Å². The van der Waals surface area contributed by atoms with E-state index in [0.29, 0.717) is 27.4 Å². The normalized spacial score (nSPS) is 23.6. The van der Waals surface area contributed by atoms with Crippen molar-refractivity contribution in [3.05, 3.63) is 35.5 Å². The molecule has 3 atom stereocenters. The van der Waals surface area contributed by atoms with Gasteiger partial charge in [0.2, 0.25) is 0 Å². The van der Waals surface area contributed by atoms with Crippen LogP contribution in [0.1, 0.15) is 22.6 Å². The van der Waals surface area contributed by atoms with E-state index in [-0.39, 0.29) is 17.6 Å². The number of rotatable bonds is 4. The van der Waals surface area contributed by atoms with E-state index in [1.165, 1.54) is 23.5 Å². The van der Waals surface area contributed by atoms with Crippen molar-refractivity contribution in [1.29, 1.82) is 0 Å². The van der Waals surface area contributed by atoms with Gasteiger partial charge in [0, 0.05) is 24.0 Å². The summed E-state index contributed by atoms with van der Waals surface area (Å²) < 4.78 is 36.9. The zero-order valence-electron chi connectivity index (χ0n) is 14.5. The summed E-state index contributed by atoms with van der Waals surface area (Å²) in [6.07, 6.45) is -1.31. The predicted molar refractivity (Wildman–Crippen MR) is 98.0 cm³/mol. The Bertz CT molecular complexity index is 897. The van der Waals surface area contributed by atoms with E-state index >= 15 is 0 Å². The lowest BCUT2D eigenvalue weighted by Gasteiger charge is -2.23. The van der Waals surface area contributed by atoms with E-state index in [9.17, 15) is 22.8 Å². The summed E-state index contributed by atoms with van der Waals surface area (Å²) in [5.74, 6) is -1.62. The van der Waals surface area contributed by atoms with Gasteiger partial charge in [0.1, 0.15) is 0 Å². The largest absolute Gasteiger partial charge is 0.471 e. The second-order valence-electron chi connectivity index (χ2n) is 6.99. The molecule has 1 saturated heterocycles. The van der Waals surface area contributed by atoms with Crippen molar-refractivity contribution < 1.29 is 22.8 Å². The van der Waals surface area contributed by atoms with Gasteiger partial charge in [-0.3, -0.25) is 9.59 Å². The van der Waals surface area contributed by atoms with Gasteiger partial charge < -0.3 is 16.0 Å². The van der Waals surface area contributed by atoms with E-state index in [1.807, 2.05) is 0 Å². The van der Waals surface area contributed by atoms with Crippen LogP contribution in [0.4, 0.5) is 18.9 Å². The molecule has 3 unspecified atom stereocenters. The molecular formula is C18H17F3N4O2S. The molecule has 1 aromatic carbocycles. The van der Waals surface area contributed by atoms with Gasteiger partial charge in [-0.25, -0.2) is 4.98 Å². The molecule has 0 spiro atoms. The summed E-state index contributed by atoms with van der Waals surface area (Å²) in [6.45, 7) is 1.01. The van der Waals surface area contributed by atoms with Gasteiger partial charge in [-0.1, -0.05) is 12.1 Å². The van der Waals surface area contributed by atoms with Crippen molar-refractivity contribution in [3.8, 4) is 10.4 Å². The number of thiazole rings is 1. The van der Waals surface area contributed by atoms with Crippen LogP contribution in [0.2, 0.25) is 0 Å². The molecule has 10 heteroatoms. The van der Waals surface area contributed by atoms with Crippen molar-refractivity contribution in [3.63, 3.8) is 0 Å². The van der Waals surface area contributed by atoms with Crippen LogP contribution in [0.15, 0.2) is 30.5 Å². The number of carbonyl (C=O) groups is 2. The first-order valence-corrected chi connectivity index (χ1v) is 9.60. The van der Waals surface area contributed by atoms with E-state index in [0.717, 1.165) is 19.4 Å². The fourth-order valence-electron chi connectivity index (χ4n) is 3.68. The molecule has 1 aliphatic carbocycles. The number of fused-ring (bicyclic) bond motifs is 2. The topological polar surface area (TPSA) is 83.1 Å². The predicted octanol–water partition coefficient (Wildman–Crippen LogP) is 2.79. The highest BCUT2D eigenvalue weighted by Gasteiger charge is 2.40. The standard InChI is InChI=1S/C18H17F3N4O2S/c19-18(20,21)17(27)24-11-3-1-10(2-4-11)14-8-23-16(28-14)15(26)25-13-6-9-5-12(13)22-7-9/h1-4,8-9,12-13,22H,5-7H2,(H,24,27)(H,25,26). The average Bonchev–Trinajstić information content (AvgIpc) is 3.38.